The zero-order chi connectivity index (χ0) is 12.1. The third-order valence-corrected chi connectivity index (χ3v) is 2.32. The third kappa shape index (κ3) is 3.51. The first-order valence-electron chi connectivity index (χ1n) is 5.25. The summed E-state index contributed by atoms with van der Waals surface area (Å²) in [5.74, 6) is 0. The van der Waals surface area contributed by atoms with Crippen molar-refractivity contribution in [3.05, 3.63) is 33.9 Å². The van der Waals surface area contributed by atoms with Gasteiger partial charge in [0, 0.05) is 29.9 Å². The number of anilines is 1. The Kier molecular flexibility index (Phi) is 4.25. The van der Waals surface area contributed by atoms with Crippen LogP contribution >= 0.6 is 0 Å². The molecule has 0 heterocycles. The van der Waals surface area contributed by atoms with Crippen LogP contribution in [0.25, 0.3) is 0 Å². The highest BCUT2D eigenvalue weighted by molar-refractivity contribution is 5.53. The van der Waals surface area contributed by atoms with Crippen molar-refractivity contribution in [2.75, 3.05) is 11.9 Å². The van der Waals surface area contributed by atoms with Crippen LogP contribution in [0.1, 0.15) is 18.9 Å². The fourth-order valence-electron chi connectivity index (χ4n) is 1.41. The number of nitro benzene ring substituents is 1. The number of hydrogen-bond acceptors (Lipinski definition) is 4. The predicted molar refractivity (Wildman–Crippen MR) is 64.6 cm³/mol. The Hall–Kier alpha value is -1.62. The van der Waals surface area contributed by atoms with E-state index >= 15 is 0 Å². The molecule has 5 nitrogen and oxygen atoms in total. The minimum atomic E-state index is -0.374. The molecule has 0 saturated heterocycles. The zero-order valence-corrected chi connectivity index (χ0v) is 9.56. The van der Waals surface area contributed by atoms with E-state index in [1.54, 1.807) is 19.1 Å². The highest BCUT2D eigenvalue weighted by atomic mass is 16.6. The summed E-state index contributed by atoms with van der Waals surface area (Å²) in [5.41, 5.74) is 7.33. The molecule has 0 amide bonds. The minimum absolute atomic E-state index is 0.151. The molecule has 1 aromatic rings. The molecule has 0 spiro atoms. The molecule has 0 radical (unpaired) electrons. The van der Waals surface area contributed by atoms with E-state index < -0.39 is 0 Å². The van der Waals surface area contributed by atoms with Crippen LogP contribution in [0.2, 0.25) is 0 Å². The van der Waals surface area contributed by atoms with Crippen LogP contribution in [-0.2, 0) is 0 Å². The van der Waals surface area contributed by atoms with E-state index in [0.29, 0.717) is 5.56 Å². The van der Waals surface area contributed by atoms with Gasteiger partial charge in [0.2, 0.25) is 0 Å². The topological polar surface area (TPSA) is 81.2 Å². The largest absolute Gasteiger partial charge is 0.385 e. The van der Waals surface area contributed by atoms with Gasteiger partial charge in [-0.05, 0) is 32.4 Å². The van der Waals surface area contributed by atoms with Gasteiger partial charge in [0.25, 0.3) is 5.69 Å². The van der Waals surface area contributed by atoms with E-state index in [1.165, 1.54) is 6.07 Å². The van der Waals surface area contributed by atoms with Crippen molar-refractivity contribution in [1.82, 2.24) is 0 Å². The van der Waals surface area contributed by atoms with Crippen LogP contribution in [0.4, 0.5) is 11.4 Å². The summed E-state index contributed by atoms with van der Waals surface area (Å²) in [5, 5.41) is 13.8. The van der Waals surface area contributed by atoms with Gasteiger partial charge >= 0.3 is 0 Å². The molecule has 1 atom stereocenters. The lowest BCUT2D eigenvalue weighted by molar-refractivity contribution is -0.385. The summed E-state index contributed by atoms with van der Waals surface area (Å²) < 4.78 is 0. The van der Waals surface area contributed by atoms with Gasteiger partial charge in [-0.25, -0.2) is 0 Å². The van der Waals surface area contributed by atoms with Gasteiger partial charge in [-0.3, -0.25) is 10.1 Å². The maximum Gasteiger partial charge on any atom is 0.272 e. The molecule has 1 aromatic carbocycles. The first kappa shape index (κ1) is 12.4. The van der Waals surface area contributed by atoms with Crippen LogP contribution in [-0.4, -0.2) is 17.5 Å². The third-order valence-electron chi connectivity index (χ3n) is 2.32. The lowest BCUT2D eigenvalue weighted by Crippen LogP contribution is -2.19. The number of nitrogens with zero attached hydrogens (tertiary/aromatic N) is 1. The number of nitrogens with one attached hydrogen (secondary N) is 1. The SMILES string of the molecule is Cc1cc(NCCC(C)N)ccc1[N+](=O)[O-]. The van der Waals surface area contributed by atoms with Gasteiger partial charge in [-0.2, -0.15) is 0 Å². The Morgan fingerprint density at radius 3 is 2.75 bits per heavy atom. The summed E-state index contributed by atoms with van der Waals surface area (Å²) in [7, 11) is 0. The molecule has 1 unspecified atom stereocenters. The second-order valence-corrected chi connectivity index (χ2v) is 3.95. The lowest BCUT2D eigenvalue weighted by Gasteiger charge is -2.09. The molecule has 16 heavy (non-hydrogen) atoms. The van der Waals surface area contributed by atoms with Gasteiger partial charge in [-0.1, -0.05) is 0 Å². The molecule has 0 aliphatic carbocycles. The smallest absolute Gasteiger partial charge is 0.272 e. The van der Waals surface area contributed by atoms with Crippen LogP contribution in [0.3, 0.4) is 0 Å². The number of aryl methyl sites for hydroxylation is 1. The summed E-state index contributed by atoms with van der Waals surface area (Å²) in [6.45, 7) is 4.45. The van der Waals surface area contributed by atoms with E-state index in [0.717, 1.165) is 18.7 Å². The molecule has 0 aromatic heterocycles. The fourth-order valence-corrected chi connectivity index (χ4v) is 1.41. The minimum Gasteiger partial charge on any atom is -0.385 e. The average molecular weight is 223 g/mol. The number of hydrogen-bond donors (Lipinski definition) is 2. The first-order valence-corrected chi connectivity index (χ1v) is 5.25. The quantitative estimate of drug-likeness (QED) is 0.591. The Morgan fingerprint density at radius 2 is 2.25 bits per heavy atom. The summed E-state index contributed by atoms with van der Waals surface area (Å²) in [6, 6.07) is 5.17. The number of nitro groups is 1. The second kappa shape index (κ2) is 5.46. The van der Waals surface area contributed by atoms with E-state index in [1.807, 2.05) is 6.92 Å². The van der Waals surface area contributed by atoms with Crippen molar-refractivity contribution < 1.29 is 4.92 Å². The van der Waals surface area contributed by atoms with Crippen molar-refractivity contribution in [3.8, 4) is 0 Å². The molecule has 88 valence electrons. The standard InChI is InChI=1S/C11H17N3O2/c1-8-7-10(13-6-5-9(2)12)3-4-11(8)14(15)16/h3-4,7,9,13H,5-6,12H2,1-2H3. The molecule has 0 saturated carbocycles. The molecular formula is C11H17N3O2. The van der Waals surface area contributed by atoms with Crippen molar-refractivity contribution >= 4 is 11.4 Å². The molecule has 0 aliphatic heterocycles. The van der Waals surface area contributed by atoms with Crippen LogP contribution < -0.4 is 11.1 Å². The summed E-state index contributed by atoms with van der Waals surface area (Å²) in [6.07, 6.45) is 0.871. The number of benzene rings is 1. The van der Waals surface area contributed by atoms with E-state index in [2.05, 4.69) is 5.32 Å². The first-order chi connectivity index (χ1) is 7.50. The summed E-state index contributed by atoms with van der Waals surface area (Å²) >= 11 is 0. The van der Waals surface area contributed by atoms with E-state index in [9.17, 15) is 10.1 Å². The average Bonchev–Trinajstić information content (AvgIpc) is 2.16. The Bertz CT molecular complexity index is 377. The molecule has 0 fully saturated rings. The highest BCUT2D eigenvalue weighted by Crippen LogP contribution is 2.21. The van der Waals surface area contributed by atoms with Gasteiger partial charge in [0.1, 0.15) is 0 Å². The Morgan fingerprint density at radius 1 is 1.56 bits per heavy atom. The molecule has 0 bridgehead atoms. The van der Waals surface area contributed by atoms with Crippen molar-refractivity contribution in [2.24, 2.45) is 5.73 Å². The van der Waals surface area contributed by atoms with Gasteiger partial charge in [-0.15, -0.1) is 0 Å². The maximum absolute atomic E-state index is 10.6. The Labute approximate surface area is 94.8 Å². The van der Waals surface area contributed by atoms with E-state index in [-0.39, 0.29) is 16.7 Å². The Balaban J connectivity index is 2.63. The molecule has 0 aliphatic rings. The maximum atomic E-state index is 10.6. The monoisotopic (exact) mass is 223 g/mol. The number of nitrogens with two attached hydrogens (primary N) is 1. The molecule has 3 N–H and O–H groups in total. The van der Waals surface area contributed by atoms with Crippen molar-refractivity contribution in [3.63, 3.8) is 0 Å². The molecule has 5 heteroatoms. The van der Waals surface area contributed by atoms with Crippen LogP contribution in [0.5, 0.6) is 0 Å². The van der Waals surface area contributed by atoms with Gasteiger partial charge in [0.15, 0.2) is 0 Å². The van der Waals surface area contributed by atoms with Crippen molar-refractivity contribution in [2.45, 2.75) is 26.3 Å². The van der Waals surface area contributed by atoms with Crippen LogP contribution in [0, 0.1) is 17.0 Å². The molecule has 1 rings (SSSR count). The second-order valence-electron chi connectivity index (χ2n) is 3.95. The zero-order valence-electron chi connectivity index (χ0n) is 9.56. The predicted octanol–water partition coefficient (Wildman–Crippen LogP) is 2.05. The highest BCUT2D eigenvalue weighted by Gasteiger charge is 2.09. The lowest BCUT2D eigenvalue weighted by atomic mass is 10.1. The number of rotatable bonds is 5. The van der Waals surface area contributed by atoms with Gasteiger partial charge < -0.3 is 11.1 Å². The molecular weight excluding hydrogens is 206 g/mol. The normalized spacial score (nSPS) is 12.2. The van der Waals surface area contributed by atoms with Crippen molar-refractivity contribution in [1.29, 1.82) is 0 Å². The fraction of sp³-hybridized carbons (Fsp3) is 0.455. The van der Waals surface area contributed by atoms with Gasteiger partial charge in [0.05, 0.1) is 4.92 Å². The van der Waals surface area contributed by atoms with Crippen LogP contribution in [0.15, 0.2) is 18.2 Å². The van der Waals surface area contributed by atoms with E-state index in [4.69, 9.17) is 5.73 Å². The summed E-state index contributed by atoms with van der Waals surface area (Å²) in [4.78, 5) is 10.2.